The van der Waals surface area contributed by atoms with Gasteiger partial charge in [0.15, 0.2) is 0 Å². The van der Waals surface area contributed by atoms with Crippen molar-refractivity contribution < 1.29 is 9.53 Å². The summed E-state index contributed by atoms with van der Waals surface area (Å²) in [5.74, 6) is 0.623. The topological polar surface area (TPSA) is 73.1 Å². The number of tetrazole rings is 1. The Bertz CT molecular complexity index is 832. The van der Waals surface area contributed by atoms with Crippen LogP contribution in [0.3, 0.4) is 0 Å². The van der Waals surface area contributed by atoms with E-state index < -0.39 is 0 Å². The van der Waals surface area contributed by atoms with Crippen LogP contribution in [0.25, 0.3) is 11.4 Å². The van der Waals surface area contributed by atoms with Crippen molar-refractivity contribution >= 4 is 5.91 Å². The predicted molar refractivity (Wildman–Crippen MR) is 96.4 cm³/mol. The number of aryl methyl sites for hydroxylation is 1. The number of aromatic nitrogens is 4. The third kappa shape index (κ3) is 3.26. The van der Waals surface area contributed by atoms with Crippen LogP contribution in [0.1, 0.15) is 36.5 Å². The van der Waals surface area contributed by atoms with Gasteiger partial charge in [0.1, 0.15) is 0 Å². The molecule has 0 radical (unpaired) electrons. The number of rotatable bonds is 2. The average Bonchev–Trinajstić information content (AvgIpc) is 3.08. The van der Waals surface area contributed by atoms with E-state index in [1.807, 2.05) is 29.2 Å². The molecule has 3 heterocycles. The van der Waals surface area contributed by atoms with Gasteiger partial charge in [-0.2, -0.15) is 4.80 Å². The van der Waals surface area contributed by atoms with Crippen molar-refractivity contribution in [2.24, 2.45) is 7.05 Å². The number of nitrogens with zero attached hydrogens (tertiary/aromatic N) is 5. The molecule has 0 N–H and O–H groups in total. The largest absolute Gasteiger partial charge is 0.370 e. The van der Waals surface area contributed by atoms with E-state index in [9.17, 15) is 4.79 Å². The summed E-state index contributed by atoms with van der Waals surface area (Å²) in [6, 6.07) is 7.40. The maximum Gasteiger partial charge on any atom is 0.253 e. The van der Waals surface area contributed by atoms with Gasteiger partial charge in [-0.1, -0.05) is 23.8 Å². The van der Waals surface area contributed by atoms with Crippen LogP contribution in [0.15, 0.2) is 35.9 Å². The van der Waals surface area contributed by atoms with E-state index in [-0.39, 0.29) is 11.5 Å². The van der Waals surface area contributed by atoms with Gasteiger partial charge in [0.25, 0.3) is 5.91 Å². The smallest absolute Gasteiger partial charge is 0.253 e. The normalized spacial score (nSPS) is 19.5. The standard InChI is InChI=1S/C19H23N5O2/c1-14-7-12-26-19(13-14)8-10-24(11-9-19)18(25)16-5-3-15(4-6-16)17-20-22-23(2)21-17/h3-6,13H,7-12H2,1-2H3. The zero-order valence-corrected chi connectivity index (χ0v) is 15.2. The second-order valence-electron chi connectivity index (χ2n) is 7.13. The van der Waals surface area contributed by atoms with Crippen molar-refractivity contribution in [3.63, 3.8) is 0 Å². The minimum absolute atomic E-state index is 0.0648. The highest BCUT2D eigenvalue weighted by atomic mass is 16.5. The summed E-state index contributed by atoms with van der Waals surface area (Å²) < 4.78 is 6.04. The Kier molecular flexibility index (Phi) is 4.32. The predicted octanol–water partition coefficient (Wildman–Crippen LogP) is 2.22. The van der Waals surface area contributed by atoms with E-state index in [1.165, 1.54) is 10.4 Å². The van der Waals surface area contributed by atoms with Crippen LogP contribution in [0.4, 0.5) is 0 Å². The van der Waals surface area contributed by atoms with Crippen LogP contribution in [0.2, 0.25) is 0 Å². The monoisotopic (exact) mass is 353 g/mol. The first-order valence-electron chi connectivity index (χ1n) is 9.01. The summed E-state index contributed by atoms with van der Waals surface area (Å²) in [7, 11) is 1.73. The van der Waals surface area contributed by atoms with Gasteiger partial charge in [0.2, 0.25) is 5.82 Å². The summed E-state index contributed by atoms with van der Waals surface area (Å²) >= 11 is 0. The van der Waals surface area contributed by atoms with Gasteiger partial charge in [0.05, 0.1) is 19.3 Å². The lowest BCUT2D eigenvalue weighted by atomic mass is 9.87. The molecule has 0 unspecified atom stereocenters. The van der Waals surface area contributed by atoms with Crippen LogP contribution < -0.4 is 0 Å². The number of hydrogen-bond donors (Lipinski definition) is 0. The molecule has 2 aliphatic heterocycles. The third-order valence-corrected chi connectivity index (χ3v) is 5.19. The van der Waals surface area contributed by atoms with Gasteiger partial charge in [-0.15, -0.1) is 10.2 Å². The lowest BCUT2D eigenvalue weighted by molar-refractivity contribution is -0.0522. The van der Waals surface area contributed by atoms with Crippen molar-refractivity contribution in [1.82, 2.24) is 25.1 Å². The molecule has 0 bridgehead atoms. The van der Waals surface area contributed by atoms with Crippen molar-refractivity contribution in [3.05, 3.63) is 41.5 Å². The molecule has 1 aromatic carbocycles. The number of likely N-dealkylation sites (tertiary alicyclic amines) is 1. The number of carbonyl (C=O) groups is 1. The van der Waals surface area contributed by atoms with E-state index in [4.69, 9.17) is 4.74 Å². The summed E-state index contributed by atoms with van der Waals surface area (Å²) in [4.78, 5) is 16.1. The first kappa shape index (κ1) is 16.9. The number of amides is 1. The quantitative estimate of drug-likeness (QED) is 0.774. The van der Waals surface area contributed by atoms with Crippen molar-refractivity contribution in [2.75, 3.05) is 19.7 Å². The Morgan fingerprint density at radius 1 is 1.19 bits per heavy atom. The molecule has 0 aliphatic carbocycles. The van der Waals surface area contributed by atoms with Crippen LogP contribution in [0, 0.1) is 0 Å². The lowest BCUT2D eigenvalue weighted by Gasteiger charge is -2.42. The summed E-state index contributed by atoms with van der Waals surface area (Å²) in [6.07, 6.45) is 4.99. The Balaban J connectivity index is 1.43. The summed E-state index contributed by atoms with van der Waals surface area (Å²) in [5.41, 5.74) is 2.76. The fourth-order valence-corrected chi connectivity index (χ4v) is 3.70. The molecule has 1 amide bonds. The molecule has 1 fully saturated rings. The van der Waals surface area contributed by atoms with Crippen molar-refractivity contribution in [2.45, 2.75) is 31.8 Å². The Labute approximate surface area is 152 Å². The van der Waals surface area contributed by atoms with Crippen LogP contribution in [0.5, 0.6) is 0 Å². The van der Waals surface area contributed by atoms with Gasteiger partial charge in [-0.3, -0.25) is 4.79 Å². The molecule has 2 aliphatic rings. The Morgan fingerprint density at radius 3 is 2.54 bits per heavy atom. The molecular formula is C19H23N5O2. The molecule has 4 rings (SSSR count). The fraction of sp³-hybridized carbons (Fsp3) is 0.474. The SMILES string of the molecule is CC1=CC2(CCN(C(=O)c3ccc(-c4nnn(C)n4)cc3)CC2)OCC1. The second-order valence-corrected chi connectivity index (χ2v) is 7.13. The van der Waals surface area contributed by atoms with Gasteiger partial charge in [0, 0.05) is 24.2 Å². The number of piperidine rings is 1. The van der Waals surface area contributed by atoms with Gasteiger partial charge < -0.3 is 9.64 Å². The summed E-state index contributed by atoms with van der Waals surface area (Å²) in [5, 5.41) is 12.0. The molecule has 0 atom stereocenters. The number of benzene rings is 1. The molecular weight excluding hydrogens is 330 g/mol. The van der Waals surface area contributed by atoms with E-state index >= 15 is 0 Å². The molecule has 26 heavy (non-hydrogen) atoms. The fourth-order valence-electron chi connectivity index (χ4n) is 3.70. The maximum absolute atomic E-state index is 12.8. The lowest BCUT2D eigenvalue weighted by Crippen LogP contribution is -2.48. The average molecular weight is 353 g/mol. The van der Waals surface area contributed by atoms with E-state index in [0.717, 1.165) is 44.5 Å². The van der Waals surface area contributed by atoms with Gasteiger partial charge in [-0.25, -0.2) is 0 Å². The number of hydrogen-bond acceptors (Lipinski definition) is 5. The van der Waals surface area contributed by atoms with E-state index in [2.05, 4.69) is 28.4 Å². The van der Waals surface area contributed by atoms with Crippen LogP contribution in [-0.4, -0.2) is 56.3 Å². The van der Waals surface area contributed by atoms with Gasteiger partial charge >= 0.3 is 0 Å². The minimum atomic E-state index is -0.166. The molecule has 136 valence electrons. The Morgan fingerprint density at radius 2 is 1.92 bits per heavy atom. The highest BCUT2D eigenvalue weighted by molar-refractivity contribution is 5.94. The molecule has 1 saturated heterocycles. The maximum atomic E-state index is 12.8. The molecule has 1 spiro atoms. The van der Waals surface area contributed by atoms with Crippen molar-refractivity contribution in [1.29, 1.82) is 0 Å². The van der Waals surface area contributed by atoms with Crippen LogP contribution in [-0.2, 0) is 11.8 Å². The zero-order chi connectivity index (χ0) is 18.1. The first-order valence-corrected chi connectivity index (χ1v) is 9.01. The van der Waals surface area contributed by atoms with Crippen molar-refractivity contribution in [3.8, 4) is 11.4 Å². The molecule has 7 nitrogen and oxygen atoms in total. The van der Waals surface area contributed by atoms with Crippen LogP contribution >= 0.6 is 0 Å². The van der Waals surface area contributed by atoms with Gasteiger partial charge in [-0.05, 0) is 43.5 Å². The Hall–Kier alpha value is -2.54. The van der Waals surface area contributed by atoms with E-state index in [0.29, 0.717) is 11.4 Å². The summed E-state index contributed by atoms with van der Waals surface area (Å²) in [6.45, 7) is 4.38. The molecule has 2 aromatic rings. The number of ether oxygens (including phenoxy) is 1. The third-order valence-electron chi connectivity index (χ3n) is 5.19. The minimum Gasteiger partial charge on any atom is -0.370 e. The number of carbonyl (C=O) groups excluding carboxylic acids is 1. The molecule has 0 saturated carbocycles. The second kappa shape index (κ2) is 6.64. The highest BCUT2D eigenvalue weighted by Gasteiger charge is 2.36. The molecule has 7 heteroatoms. The first-order chi connectivity index (χ1) is 12.5. The van der Waals surface area contributed by atoms with E-state index in [1.54, 1.807) is 7.05 Å². The zero-order valence-electron chi connectivity index (χ0n) is 15.2. The molecule has 1 aromatic heterocycles. The highest BCUT2D eigenvalue weighted by Crippen LogP contribution is 2.33.